The molecule has 0 bridgehead atoms. The molecule has 4 N–H and O–H groups in total. The minimum atomic E-state index is -1.30. The van der Waals surface area contributed by atoms with Crippen LogP contribution in [0.25, 0.3) is 0 Å². The first-order valence-electron chi connectivity index (χ1n) is 11.5. The van der Waals surface area contributed by atoms with Crippen LogP contribution in [0, 0.1) is 6.92 Å². The van der Waals surface area contributed by atoms with Crippen molar-refractivity contribution in [2.75, 3.05) is 40.8 Å². The highest BCUT2D eigenvalue weighted by Crippen LogP contribution is 2.20. The van der Waals surface area contributed by atoms with Gasteiger partial charge in [0.2, 0.25) is 0 Å². The van der Waals surface area contributed by atoms with Gasteiger partial charge < -0.3 is 20.5 Å². The van der Waals surface area contributed by atoms with Gasteiger partial charge in [0.1, 0.15) is 5.70 Å². The Balaban J connectivity index is 3.28. The van der Waals surface area contributed by atoms with Crippen LogP contribution in [0.2, 0.25) is 0 Å². The lowest BCUT2D eigenvalue weighted by Gasteiger charge is -2.17. The van der Waals surface area contributed by atoms with E-state index in [1.54, 1.807) is 14.1 Å². The van der Waals surface area contributed by atoms with E-state index in [9.17, 15) is 4.55 Å². The van der Waals surface area contributed by atoms with Crippen molar-refractivity contribution in [2.45, 2.75) is 51.9 Å². The molecule has 1 atom stereocenters. The molecule has 0 aliphatic carbocycles. The molecule has 0 aliphatic rings. The third kappa shape index (κ3) is 8.97. The van der Waals surface area contributed by atoms with Crippen LogP contribution in [0.4, 0.5) is 0 Å². The highest BCUT2D eigenvalue weighted by molar-refractivity contribution is 7.89. The van der Waals surface area contributed by atoms with Gasteiger partial charge in [-0.1, -0.05) is 32.9 Å². The van der Waals surface area contributed by atoms with Gasteiger partial charge in [-0.3, -0.25) is 4.99 Å². The van der Waals surface area contributed by atoms with Crippen LogP contribution < -0.4 is 15.8 Å². The molecule has 33 heavy (non-hydrogen) atoms. The first kappa shape index (κ1) is 28.9. The summed E-state index contributed by atoms with van der Waals surface area (Å²) in [7, 11) is 5.64. The highest BCUT2D eigenvalue weighted by Gasteiger charge is 2.17. The summed E-state index contributed by atoms with van der Waals surface area (Å²) in [5.74, 6) is 0. The second kappa shape index (κ2) is 14.9. The predicted molar refractivity (Wildman–Crippen MR) is 143 cm³/mol. The monoisotopic (exact) mass is 474 g/mol. The Morgan fingerprint density at radius 2 is 1.94 bits per heavy atom. The molecule has 184 valence electrons. The van der Waals surface area contributed by atoms with Gasteiger partial charge in [-0.05, 0) is 51.9 Å². The van der Waals surface area contributed by atoms with E-state index in [4.69, 9.17) is 10.7 Å². The molecule has 8 heteroatoms. The van der Waals surface area contributed by atoms with Crippen molar-refractivity contribution in [1.82, 2.24) is 14.9 Å². The van der Waals surface area contributed by atoms with Gasteiger partial charge in [0.05, 0.1) is 29.3 Å². The Morgan fingerprint density at radius 1 is 1.24 bits per heavy atom. The molecule has 0 saturated heterocycles. The number of hydrogen-bond acceptors (Lipinski definition) is 7. The smallest absolute Gasteiger partial charge is 0.174 e. The third-order valence-electron chi connectivity index (χ3n) is 5.26. The average Bonchev–Trinajstić information content (AvgIpc) is 2.77. The van der Waals surface area contributed by atoms with Crippen molar-refractivity contribution in [1.29, 1.82) is 0 Å². The van der Waals surface area contributed by atoms with Crippen molar-refractivity contribution in [3.8, 4) is 0 Å². The molecular formula is C25H42N6OS. The van der Waals surface area contributed by atoms with Gasteiger partial charge in [-0.25, -0.2) is 4.99 Å². The van der Waals surface area contributed by atoms with E-state index in [-0.39, 0.29) is 0 Å². The zero-order valence-electron chi connectivity index (χ0n) is 21.4. The second-order valence-corrected chi connectivity index (χ2v) is 9.36. The lowest BCUT2D eigenvalue weighted by Crippen LogP contribution is -2.33. The summed E-state index contributed by atoms with van der Waals surface area (Å²) in [4.78, 5) is 12.3. The number of likely N-dealkylation sites (N-methyl/N-ethyl adjacent to an activating group) is 2. The van der Waals surface area contributed by atoms with Gasteiger partial charge in [-0.2, -0.15) is 0 Å². The minimum absolute atomic E-state index is 0.408. The largest absolute Gasteiger partial charge is 0.593 e. The number of aryl methyl sites for hydroxylation is 1. The number of nitrogens with two attached hydrogens (primary N) is 1. The fourth-order valence-corrected chi connectivity index (χ4v) is 4.37. The third-order valence-corrected chi connectivity index (χ3v) is 6.41. The SMILES string of the molecule is C=C(N)/C(NC)=C(\N=C(/C)c1cc([S+]([O-])NCCN(C)CCC)ccc1C)C(/CCC)=N\C. The number of hydrogen-bond donors (Lipinski definition) is 3. The summed E-state index contributed by atoms with van der Waals surface area (Å²) < 4.78 is 16.0. The number of aliphatic imine (C=N–C) groups is 2. The Kier molecular flexibility index (Phi) is 13.1. The standard InChI is InChI=1S/C25H42N6OS/c1-9-11-23(27-6)25(24(28-7)19(4)26)30-20(5)22-17-21(13-12-18(22)3)33(32)29-14-16-31(8)15-10-2/h12-13,17,28-29H,4,9-11,14-16,26H2,1-3,5-8H3/b25-24+,27-23-,30-20+. The van der Waals surface area contributed by atoms with Crippen molar-refractivity contribution in [3.05, 3.63) is 53.0 Å². The molecule has 0 heterocycles. The number of benzene rings is 1. The summed E-state index contributed by atoms with van der Waals surface area (Å²) in [6.07, 6.45) is 2.82. The van der Waals surface area contributed by atoms with E-state index in [0.29, 0.717) is 23.6 Å². The predicted octanol–water partition coefficient (Wildman–Crippen LogP) is 3.53. The highest BCUT2D eigenvalue weighted by atomic mass is 32.2. The zero-order valence-corrected chi connectivity index (χ0v) is 22.2. The van der Waals surface area contributed by atoms with Gasteiger partial charge in [-0.15, -0.1) is 4.72 Å². The van der Waals surface area contributed by atoms with Crippen molar-refractivity contribution in [3.63, 3.8) is 0 Å². The van der Waals surface area contributed by atoms with E-state index in [0.717, 1.165) is 59.8 Å². The number of rotatable bonds is 14. The first-order valence-corrected chi connectivity index (χ1v) is 12.7. The van der Waals surface area contributed by atoms with Crippen LogP contribution in [0.5, 0.6) is 0 Å². The molecule has 1 aromatic carbocycles. The summed E-state index contributed by atoms with van der Waals surface area (Å²) in [5.41, 5.74) is 11.5. The molecule has 7 nitrogen and oxygen atoms in total. The molecule has 1 rings (SSSR count). The number of nitrogens with one attached hydrogen (secondary N) is 2. The Bertz CT molecular complexity index is 878. The minimum Gasteiger partial charge on any atom is -0.593 e. The van der Waals surface area contributed by atoms with Gasteiger partial charge in [0, 0.05) is 43.7 Å². The normalized spacial score (nSPS) is 14.3. The van der Waals surface area contributed by atoms with E-state index in [1.165, 1.54) is 0 Å². The fourth-order valence-electron chi connectivity index (χ4n) is 3.51. The quantitative estimate of drug-likeness (QED) is 0.218. The molecule has 1 aromatic rings. The van der Waals surface area contributed by atoms with E-state index in [2.05, 4.69) is 47.4 Å². The molecular weight excluding hydrogens is 432 g/mol. The van der Waals surface area contributed by atoms with Gasteiger partial charge in [0.25, 0.3) is 0 Å². The van der Waals surface area contributed by atoms with Gasteiger partial charge >= 0.3 is 0 Å². The van der Waals surface area contributed by atoms with E-state index < -0.39 is 11.4 Å². The molecule has 0 radical (unpaired) electrons. The molecule has 0 aliphatic heterocycles. The second-order valence-electron chi connectivity index (χ2n) is 8.06. The topological polar surface area (TPSA) is 101 Å². The Morgan fingerprint density at radius 3 is 2.48 bits per heavy atom. The maximum atomic E-state index is 12.9. The van der Waals surface area contributed by atoms with Crippen LogP contribution in [0.1, 0.15) is 51.2 Å². The van der Waals surface area contributed by atoms with Crippen LogP contribution in [0.3, 0.4) is 0 Å². The summed E-state index contributed by atoms with van der Waals surface area (Å²) in [6, 6.07) is 5.83. The maximum Gasteiger partial charge on any atom is 0.174 e. The van der Waals surface area contributed by atoms with Crippen LogP contribution in [-0.2, 0) is 11.4 Å². The summed E-state index contributed by atoms with van der Waals surface area (Å²) in [5, 5.41) is 3.12. The molecule has 1 unspecified atom stereocenters. The van der Waals surface area contributed by atoms with Crippen LogP contribution >= 0.6 is 0 Å². The lowest BCUT2D eigenvalue weighted by molar-refractivity contribution is 0.339. The van der Waals surface area contributed by atoms with Crippen LogP contribution in [-0.4, -0.2) is 61.7 Å². The fraction of sp³-hybridized carbons (Fsp3) is 0.520. The van der Waals surface area contributed by atoms with Crippen molar-refractivity contribution in [2.24, 2.45) is 15.7 Å². The molecule has 0 amide bonds. The van der Waals surface area contributed by atoms with E-state index in [1.807, 2.05) is 32.0 Å². The van der Waals surface area contributed by atoms with Gasteiger partial charge in [0.15, 0.2) is 4.90 Å². The lowest BCUT2D eigenvalue weighted by atomic mass is 10.0. The van der Waals surface area contributed by atoms with Crippen LogP contribution in [0.15, 0.2) is 56.7 Å². The first-order chi connectivity index (χ1) is 15.7. The zero-order chi connectivity index (χ0) is 25.0. The molecule has 0 aromatic heterocycles. The Labute approximate surface area is 203 Å². The van der Waals surface area contributed by atoms with E-state index >= 15 is 0 Å². The van der Waals surface area contributed by atoms with Crippen molar-refractivity contribution < 1.29 is 4.55 Å². The molecule has 0 spiro atoms. The van der Waals surface area contributed by atoms with Crippen molar-refractivity contribution >= 4 is 22.8 Å². The maximum absolute atomic E-state index is 12.9. The number of nitrogens with zero attached hydrogens (tertiary/aromatic N) is 3. The molecule has 0 saturated carbocycles. The Hall–Kier alpha value is -2.13. The number of allylic oxidation sites excluding steroid dienone is 1. The average molecular weight is 475 g/mol. The molecule has 0 fully saturated rings. The summed E-state index contributed by atoms with van der Waals surface area (Å²) >= 11 is -1.30. The summed E-state index contributed by atoms with van der Waals surface area (Å²) in [6.45, 7) is 14.7.